The van der Waals surface area contributed by atoms with E-state index in [1.165, 1.54) is 6.07 Å². The fourth-order valence-corrected chi connectivity index (χ4v) is 3.83. The molecule has 1 aromatic heterocycles. The van der Waals surface area contributed by atoms with Crippen molar-refractivity contribution >= 4 is 17.0 Å². The third kappa shape index (κ3) is 3.66. The van der Waals surface area contributed by atoms with E-state index in [-0.39, 0.29) is 23.2 Å². The summed E-state index contributed by atoms with van der Waals surface area (Å²) in [6, 6.07) is 12.1. The van der Waals surface area contributed by atoms with E-state index in [1.807, 2.05) is 29.2 Å². The van der Waals surface area contributed by atoms with E-state index in [1.54, 1.807) is 12.1 Å². The Morgan fingerprint density at radius 3 is 2.79 bits per heavy atom. The second-order valence-electron chi connectivity index (χ2n) is 8.70. The number of halogens is 1. The molecule has 1 atom stereocenters. The maximum atomic E-state index is 14.1. The molecular formula is C23H25FN2O2. The lowest BCUT2D eigenvalue weighted by atomic mass is 9.91. The molecule has 4 rings (SSSR count). The van der Waals surface area contributed by atoms with Crippen LogP contribution in [0.25, 0.3) is 22.2 Å². The molecular weight excluding hydrogens is 355 g/mol. The summed E-state index contributed by atoms with van der Waals surface area (Å²) in [6.07, 6.45) is 2.30. The van der Waals surface area contributed by atoms with Crippen molar-refractivity contribution in [3.8, 4) is 11.1 Å². The zero-order valence-corrected chi connectivity index (χ0v) is 16.5. The molecule has 0 N–H and O–H groups in total. The average molecular weight is 380 g/mol. The number of nitrogens with zero attached hydrogens (tertiary/aromatic N) is 2. The molecule has 0 radical (unpaired) electrons. The number of carbonyl (C=O) groups is 1. The van der Waals surface area contributed by atoms with Crippen LogP contribution in [0.1, 0.15) is 52.0 Å². The standard InChI is InChI=1S/C23H25FN2O2/c1-23(2,3)14-21(27)26-12-6-9-19(26)22-25-18-13-15(10-11-20(18)28-22)16-7-4-5-8-17(16)24/h4-5,7-8,10-11,13,19H,6,9,12,14H2,1-3H3/t19-/m1/s1. The lowest BCUT2D eigenvalue weighted by Gasteiger charge is -2.26. The molecule has 3 aromatic rings. The molecule has 1 aliphatic heterocycles. The van der Waals surface area contributed by atoms with Crippen LogP contribution in [0.2, 0.25) is 0 Å². The molecule has 0 saturated carbocycles. The first-order valence-electron chi connectivity index (χ1n) is 9.77. The highest BCUT2D eigenvalue weighted by atomic mass is 19.1. The minimum atomic E-state index is -0.264. The third-order valence-corrected chi connectivity index (χ3v) is 5.13. The lowest BCUT2D eigenvalue weighted by molar-refractivity contribution is -0.134. The second kappa shape index (κ2) is 7.04. The molecule has 1 aliphatic rings. The molecule has 0 aliphatic carbocycles. The number of amides is 1. The minimum absolute atomic E-state index is 0.0554. The van der Waals surface area contributed by atoms with Crippen LogP contribution in [0.3, 0.4) is 0 Å². The number of fused-ring (bicyclic) bond motifs is 1. The molecule has 4 nitrogen and oxygen atoms in total. The van der Waals surface area contributed by atoms with Gasteiger partial charge < -0.3 is 9.32 Å². The molecule has 1 amide bonds. The average Bonchev–Trinajstić information content (AvgIpc) is 3.26. The Balaban J connectivity index is 1.64. The van der Waals surface area contributed by atoms with Crippen LogP contribution in [-0.2, 0) is 4.79 Å². The summed E-state index contributed by atoms with van der Waals surface area (Å²) < 4.78 is 20.1. The molecule has 2 aromatic carbocycles. The van der Waals surface area contributed by atoms with Crippen molar-refractivity contribution in [1.82, 2.24) is 9.88 Å². The van der Waals surface area contributed by atoms with Crippen molar-refractivity contribution in [1.29, 1.82) is 0 Å². The number of oxazole rings is 1. The van der Waals surface area contributed by atoms with Gasteiger partial charge >= 0.3 is 0 Å². The van der Waals surface area contributed by atoms with Crippen molar-refractivity contribution in [3.63, 3.8) is 0 Å². The van der Waals surface area contributed by atoms with Gasteiger partial charge in [-0.2, -0.15) is 0 Å². The number of likely N-dealkylation sites (tertiary alicyclic amines) is 1. The number of hydrogen-bond acceptors (Lipinski definition) is 3. The Morgan fingerprint density at radius 2 is 2.04 bits per heavy atom. The Hall–Kier alpha value is -2.69. The molecule has 2 heterocycles. The molecule has 5 heteroatoms. The van der Waals surface area contributed by atoms with Gasteiger partial charge in [-0.15, -0.1) is 0 Å². The summed E-state index contributed by atoms with van der Waals surface area (Å²) in [5.41, 5.74) is 2.59. The Morgan fingerprint density at radius 1 is 1.25 bits per heavy atom. The van der Waals surface area contributed by atoms with Crippen molar-refractivity contribution in [3.05, 3.63) is 54.2 Å². The van der Waals surface area contributed by atoms with Crippen molar-refractivity contribution < 1.29 is 13.6 Å². The number of carbonyl (C=O) groups excluding carboxylic acids is 1. The number of aromatic nitrogens is 1. The van der Waals surface area contributed by atoms with Gasteiger partial charge in [-0.25, -0.2) is 9.37 Å². The van der Waals surface area contributed by atoms with Crippen LogP contribution < -0.4 is 0 Å². The van der Waals surface area contributed by atoms with E-state index in [9.17, 15) is 9.18 Å². The second-order valence-corrected chi connectivity index (χ2v) is 8.70. The predicted molar refractivity (Wildman–Crippen MR) is 107 cm³/mol. The first-order valence-corrected chi connectivity index (χ1v) is 9.77. The van der Waals surface area contributed by atoms with Crippen molar-refractivity contribution in [2.75, 3.05) is 6.54 Å². The van der Waals surface area contributed by atoms with Gasteiger partial charge in [0.1, 0.15) is 17.4 Å². The highest BCUT2D eigenvalue weighted by Gasteiger charge is 2.34. The summed E-state index contributed by atoms with van der Waals surface area (Å²) in [6.45, 7) is 6.94. The fourth-order valence-electron chi connectivity index (χ4n) is 3.83. The van der Waals surface area contributed by atoms with Gasteiger partial charge in [0.2, 0.25) is 11.8 Å². The Labute approximate surface area is 164 Å². The zero-order valence-electron chi connectivity index (χ0n) is 16.5. The summed E-state index contributed by atoms with van der Waals surface area (Å²) in [7, 11) is 0. The van der Waals surface area contributed by atoms with Crippen molar-refractivity contribution in [2.24, 2.45) is 5.41 Å². The van der Waals surface area contributed by atoms with Gasteiger partial charge in [0.15, 0.2) is 5.58 Å². The molecule has 0 spiro atoms. The Kier molecular flexibility index (Phi) is 4.69. The molecule has 146 valence electrons. The van der Waals surface area contributed by atoms with E-state index < -0.39 is 0 Å². The van der Waals surface area contributed by atoms with Gasteiger partial charge in [0.25, 0.3) is 0 Å². The van der Waals surface area contributed by atoms with Crippen LogP contribution in [0, 0.1) is 11.2 Å². The summed E-state index contributed by atoms with van der Waals surface area (Å²) in [4.78, 5) is 19.3. The normalized spacial score (nSPS) is 17.4. The lowest BCUT2D eigenvalue weighted by Crippen LogP contribution is -2.33. The van der Waals surface area contributed by atoms with Crippen molar-refractivity contribution in [2.45, 2.75) is 46.1 Å². The van der Waals surface area contributed by atoms with E-state index >= 15 is 0 Å². The largest absolute Gasteiger partial charge is 0.438 e. The molecule has 28 heavy (non-hydrogen) atoms. The van der Waals surface area contributed by atoms with Gasteiger partial charge in [-0.05, 0) is 42.0 Å². The minimum Gasteiger partial charge on any atom is -0.438 e. The summed E-state index contributed by atoms with van der Waals surface area (Å²) in [5, 5.41) is 0. The van der Waals surface area contributed by atoms with Gasteiger partial charge in [0, 0.05) is 18.5 Å². The van der Waals surface area contributed by atoms with E-state index in [4.69, 9.17) is 4.42 Å². The highest BCUT2D eigenvalue weighted by molar-refractivity contribution is 5.81. The van der Waals surface area contributed by atoms with Gasteiger partial charge in [-0.3, -0.25) is 4.79 Å². The van der Waals surface area contributed by atoms with Crippen LogP contribution >= 0.6 is 0 Å². The van der Waals surface area contributed by atoms with E-state index in [0.29, 0.717) is 29.0 Å². The molecule has 1 saturated heterocycles. The summed E-state index contributed by atoms with van der Waals surface area (Å²) in [5.74, 6) is 0.449. The van der Waals surface area contributed by atoms with E-state index in [0.717, 1.165) is 24.9 Å². The highest BCUT2D eigenvalue weighted by Crippen LogP contribution is 2.36. The van der Waals surface area contributed by atoms with Crippen LogP contribution in [0.4, 0.5) is 4.39 Å². The zero-order chi connectivity index (χ0) is 19.9. The topological polar surface area (TPSA) is 46.3 Å². The summed E-state index contributed by atoms with van der Waals surface area (Å²) >= 11 is 0. The first-order chi connectivity index (χ1) is 13.3. The van der Waals surface area contributed by atoms with Gasteiger partial charge in [0.05, 0.1) is 0 Å². The monoisotopic (exact) mass is 380 g/mol. The smallest absolute Gasteiger partial charge is 0.223 e. The maximum Gasteiger partial charge on any atom is 0.223 e. The number of hydrogen-bond donors (Lipinski definition) is 0. The molecule has 0 unspecified atom stereocenters. The SMILES string of the molecule is CC(C)(C)CC(=O)N1CCC[C@@H]1c1nc2cc(-c3ccccc3F)ccc2o1. The quantitative estimate of drug-likeness (QED) is 0.583. The maximum absolute atomic E-state index is 14.1. The Bertz CT molecular complexity index is 1020. The van der Waals surface area contributed by atoms with Gasteiger partial charge in [-0.1, -0.05) is 45.0 Å². The van der Waals surface area contributed by atoms with Crippen LogP contribution in [0.15, 0.2) is 46.9 Å². The molecule has 0 bridgehead atoms. The molecule has 1 fully saturated rings. The fraction of sp³-hybridized carbons (Fsp3) is 0.391. The van der Waals surface area contributed by atoms with E-state index in [2.05, 4.69) is 25.8 Å². The third-order valence-electron chi connectivity index (χ3n) is 5.13. The number of benzene rings is 2. The predicted octanol–water partition coefficient (Wildman–Crippen LogP) is 5.73. The number of rotatable bonds is 3. The van der Waals surface area contributed by atoms with Crippen LogP contribution in [0.5, 0.6) is 0 Å². The first kappa shape index (κ1) is 18.7. The van der Waals surface area contributed by atoms with Crippen LogP contribution in [-0.4, -0.2) is 22.3 Å².